The molecule has 16 heavy (non-hydrogen) atoms. The van der Waals surface area contributed by atoms with Crippen LogP contribution < -0.4 is 5.32 Å². The Kier molecular flexibility index (Phi) is 3.95. The third-order valence-corrected chi connectivity index (χ3v) is 3.91. The van der Waals surface area contributed by atoms with E-state index in [0.717, 1.165) is 24.9 Å². The van der Waals surface area contributed by atoms with Gasteiger partial charge in [-0.05, 0) is 46.9 Å². The maximum Gasteiger partial charge on any atom is 0.137 e. The molecule has 2 N–H and O–H groups in total. The fourth-order valence-electron chi connectivity index (χ4n) is 2.11. The van der Waals surface area contributed by atoms with E-state index in [-0.39, 0.29) is 11.9 Å². The molecule has 0 bridgehead atoms. The number of halogens is 2. The lowest BCUT2D eigenvalue weighted by Crippen LogP contribution is -2.36. The van der Waals surface area contributed by atoms with Crippen LogP contribution >= 0.6 is 15.9 Å². The standard InChI is InChI=1S/C12H15BrFNO/c13-12-8(3-1-4-9(12)14)7-11(16)10-5-2-6-15-10/h1,3-4,10-11,15-16H,2,5-7H2. The summed E-state index contributed by atoms with van der Waals surface area (Å²) in [7, 11) is 0. The topological polar surface area (TPSA) is 32.3 Å². The van der Waals surface area contributed by atoms with Crippen LogP contribution in [0, 0.1) is 5.82 Å². The first-order chi connectivity index (χ1) is 7.68. The van der Waals surface area contributed by atoms with E-state index in [1.807, 2.05) is 6.07 Å². The van der Waals surface area contributed by atoms with E-state index in [2.05, 4.69) is 21.2 Å². The molecule has 4 heteroatoms. The molecule has 1 fully saturated rings. The smallest absolute Gasteiger partial charge is 0.137 e. The van der Waals surface area contributed by atoms with Crippen molar-refractivity contribution >= 4 is 15.9 Å². The second-order valence-electron chi connectivity index (χ2n) is 4.19. The Balaban J connectivity index is 2.05. The van der Waals surface area contributed by atoms with Gasteiger partial charge in [-0.15, -0.1) is 0 Å². The summed E-state index contributed by atoms with van der Waals surface area (Å²) in [5, 5.41) is 13.3. The molecule has 0 aliphatic carbocycles. The van der Waals surface area contributed by atoms with Gasteiger partial charge in [0.25, 0.3) is 0 Å². The van der Waals surface area contributed by atoms with Gasteiger partial charge in [-0.25, -0.2) is 4.39 Å². The van der Waals surface area contributed by atoms with Crippen molar-refractivity contribution in [3.8, 4) is 0 Å². The van der Waals surface area contributed by atoms with Gasteiger partial charge in [-0.3, -0.25) is 0 Å². The molecule has 1 aromatic carbocycles. The highest BCUT2D eigenvalue weighted by molar-refractivity contribution is 9.10. The van der Waals surface area contributed by atoms with Crippen molar-refractivity contribution in [3.63, 3.8) is 0 Å². The Morgan fingerprint density at radius 3 is 3.06 bits per heavy atom. The number of benzene rings is 1. The molecular formula is C12H15BrFNO. The van der Waals surface area contributed by atoms with Gasteiger partial charge in [0.05, 0.1) is 10.6 Å². The zero-order valence-electron chi connectivity index (χ0n) is 8.92. The van der Waals surface area contributed by atoms with Crippen molar-refractivity contribution in [2.75, 3.05) is 6.54 Å². The molecule has 1 aliphatic heterocycles. The summed E-state index contributed by atoms with van der Waals surface area (Å²) in [6, 6.07) is 5.07. The number of hydrogen-bond acceptors (Lipinski definition) is 2. The van der Waals surface area contributed by atoms with E-state index in [1.165, 1.54) is 6.07 Å². The summed E-state index contributed by atoms with van der Waals surface area (Å²) in [6.45, 7) is 0.964. The lowest BCUT2D eigenvalue weighted by Gasteiger charge is -2.18. The van der Waals surface area contributed by atoms with Crippen LogP contribution in [0.1, 0.15) is 18.4 Å². The molecule has 2 nitrogen and oxygen atoms in total. The highest BCUT2D eigenvalue weighted by Crippen LogP contribution is 2.23. The van der Waals surface area contributed by atoms with E-state index in [4.69, 9.17) is 0 Å². The minimum atomic E-state index is -0.444. The van der Waals surface area contributed by atoms with E-state index in [0.29, 0.717) is 10.9 Å². The molecule has 1 aromatic rings. The quantitative estimate of drug-likeness (QED) is 0.894. The van der Waals surface area contributed by atoms with Crippen LogP contribution in [-0.4, -0.2) is 23.8 Å². The van der Waals surface area contributed by atoms with Crippen molar-refractivity contribution < 1.29 is 9.50 Å². The molecule has 0 spiro atoms. The summed E-state index contributed by atoms with van der Waals surface area (Å²) < 4.78 is 13.7. The van der Waals surface area contributed by atoms with Gasteiger partial charge in [0.15, 0.2) is 0 Å². The van der Waals surface area contributed by atoms with Crippen LogP contribution in [0.2, 0.25) is 0 Å². The molecule has 0 saturated carbocycles. The molecule has 2 unspecified atom stereocenters. The lowest BCUT2D eigenvalue weighted by atomic mass is 10.0. The summed E-state index contributed by atoms with van der Waals surface area (Å²) in [4.78, 5) is 0. The van der Waals surface area contributed by atoms with Crippen molar-refractivity contribution in [3.05, 3.63) is 34.1 Å². The van der Waals surface area contributed by atoms with E-state index in [9.17, 15) is 9.50 Å². The first-order valence-corrected chi connectivity index (χ1v) is 6.32. The predicted octanol–water partition coefficient (Wildman–Crippen LogP) is 2.24. The molecule has 1 heterocycles. The molecule has 2 rings (SSSR count). The summed E-state index contributed by atoms with van der Waals surface area (Å²) in [5.41, 5.74) is 0.821. The van der Waals surface area contributed by atoms with Crippen LogP contribution in [0.4, 0.5) is 4.39 Å². The van der Waals surface area contributed by atoms with Gasteiger partial charge in [0.1, 0.15) is 5.82 Å². The van der Waals surface area contributed by atoms with Crippen LogP contribution in [0.15, 0.2) is 22.7 Å². The van der Waals surface area contributed by atoms with Gasteiger partial charge in [0, 0.05) is 12.5 Å². The van der Waals surface area contributed by atoms with E-state index < -0.39 is 6.10 Å². The number of aliphatic hydroxyl groups is 1. The van der Waals surface area contributed by atoms with Gasteiger partial charge >= 0.3 is 0 Å². The Bertz CT molecular complexity index is 366. The number of aliphatic hydroxyl groups excluding tert-OH is 1. The SMILES string of the molecule is OC(Cc1cccc(F)c1Br)C1CCCN1. The zero-order chi connectivity index (χ0) is 11.5. The number of nitrogens with one attached hydrogen (secondary N) is 1. The van der Waals surface area contributed by atoms with Crippen LogP contribution in [-0.2, 0) is 6.42 Å². The molecule has 0 aromatic heterocycles. The Labute approximate surface area is 103 Å². The Hall–Kier alpha value is -0.450. The van der Waals surface area contributed by atoms with Gasteiger partial charge < -0.3 is 10.4 Å². The fraction of sp³-hybridized carbons (Fsp3) is 0.500. The highest BCUT2D eigenvalue weighted by Gasteiger charge is 2.23. The van der Waals surface area contributed by atoms with E-state index in [1.54, 1.807) is 6.07 Å². The molecular weight excluding hydrogens is 273 g/mol. The Morgan fingerprint density at radius 2 is 2.38 bits per heavy atom. The summed E-state index contributed by atoms with van der Waals surface area (Å²) >= 11 is 3.21. The average Bonchev–Trinajstić information content (AvgIpc) is 2.78. The molecule has 1 aliphatic rings. The Morgan fingerprint density at radius 1 is 1.56 bits per heavy atom. The van der Waals surface area contributed by atoms with Crippen LogP contribution in [0.5, 0.6) is 0 Å². The first kappa shape index (κ1) is 12.0. The monoisotopic (exact) mass is 287 g/mol. The third-order valence-electron chi connectivity index (χ3n) is 3.02. The van der Waals surface area contributed by atoms with E-state index >= 15 is 0 Å². The number of hydrogen-bond donors (Lipinski definition) is 2. The third kappa shape index (κ3) is 2.62. The lowest BCUT2D eigenvalue weighted by molar-refractivity contribution is 0.135. The molecule has 0 amide bonds. The van der Waals surface area contributed by atoms with Crippen LogP contribution in [0.25, 0.3) is 0 Å². The summed E-state index contributed by atoms with van der Waals surface area (Å²) in [5.74, 6) is -0.274. The minimum absolute atomic E-state index is 0.148. The van der Waals surface area contributed by atoms with Crippen molar-refractivity contribution in [1.29, 1.82) is 0 Å². The summed E-state index contributed by atoms with van der Waals surface area (Å²) in [6.07, 6.45) is 2.14. The zero-order valence-corrected chi connectivity index (χ0v) is 10.5. The molecule has 0 radical (unpaired) electrons. The van der Waals surface area contributed by atoms with Crippen molar-refractivity contribution in [2.45, 2.75) is 31.4 Å². The second-order valence-corrected chi connectivity index (χ2v) is 4.98. The first-order valence-electron chi connectivity index (χ1n) is 5.53. The van der Waals surface area contributed by atoms with Gasteiger partial charge in [-0.1, -0.05) is 12.1 Å². The van der Waals surface area contributed by atoms with Crippen LogP contribution in [0.3, 0.4) is 0 Å². The predicted molar refractivity (Wildman–Crippen MR) is 64.8 cm³/mol. The van der Waals surface area contributed by atoms with Crippen molar-refractivity contribution in [1.82, 2.24) is 5.32 Å². The average molecular weight is 288 g/mol. The highest BCUT2D eigenvalue weighted by atomic mass is 79.9. The minimum Gasteiger partial charge on any atom is -0.391 e. The van der Waals surface area contributed by atoms with Crippen molar-refractivity contribution in [2.24, 2.45) is 0 Å². The maximum absolute atomic E-state index is 13.3. The van der Waals surface area contributed by atoms with Gasteiger partial charge in [0.2, 0.25) is 0 Å². The normalized spacial score (nSPS) is 22.3. The van der Waals surface area contributed by atoms with Gasteiger partial charge in [-0.2, -0.15) is 0 Å². The number of rotatable bonds is 3. The second kappa shape index (κ2) is 5.25. The maximum atomic E-state index is 13.3. The largest absolute Gasteiger partial charge is 0.391 e. The fourth-order valence-corrected chi connectivity index (χ4v) is 2.54. The molecule has 2 atom stereocenters. The molecule has 88 valence electrons. The molecule has 1 saturated heterocycles.